The van der Waals surface area contributed by atoms with E-state index in [4.69, 9.17) is 47.4 Å². The van der Waals surface area contributed by atoms with Gasteiger partial charge in [-0.25, -0.2) is 28.8 Å². The fourth-order valence-electron chi connectivity index (χ4n) is 4.62. The average Bonchev–Trinajstić information content (AvgIpc) is 3.30. The minimum absolute atomic E-state index is 0.170. The van der Waals surface area contributed by atoms with Gasteiger partial charge in [-0.05, 0) is 139 Å². The standard InChI is InChI=1S/C44H38I4O18/c1-5-35(49)57-17-15-39(53)63-27(23-61-37(51)7-3)21-59-31-11-9-25(19-29(31)45)43(55)65-33-13-14-34(42(48)41(33)47)66-44(56)26-10-12-32(30(46)20-26)60-22-28(24-62-38(52)8-4)64-40(54)16-18-58-36(50)6-2/h5-14,19-20,27-28H,1-4,15-18,21-24H2. The maximum absolute atomic E-state index is 13.2. The van der Waals surface area contributed by atoms with E-state index in [1.807, 2.05) is 90.4 Å². The molecule has 0 fully saturated rings. The van der Waals surface area contributed by atoms with Crippen molar-refractivity contribution in [3.63, 3.8) is 0 Å². The lowest BCUT2D eigenvalue weighted by molar-refractivity contribution is -0.160. The molecular formula is C44H38I4O18. The molecule has 22 heteroatoms. The van der Waals surface area contributed by atoms with Crippen molar-refractivity contribution in [2.75, 3.05) is 39.6 Å². The summed E-state index contributed by atoms with van der Waals surface area (Å²) in [4.78, 5) is 97.0. The Bertz CT molecular complexity index is 2180. The third-order valence-electron chi connectivity index (χ3n) is 7.79. The predicted octanol–water partition coefficient (Wildman–Crippen LogP) is 6.82. The Hall–Kier alpha value is -5.10. The summed E-state index contributed by atoms with van der Waals surface area (Å²) in [5, 5.41) is 0. The second kappa shape index (κ2) is 28.8. The molecule has 3 aromatic carbocycles. The molecule has 0 aliphatic heterocycles. The van der Waals surface area contributed by atoms with Gasteiger partial charge in [0.05, 0.1) is 38.2 Å². The van der Waals surface area contributed by atoms with Crippen LogP contribution < -0.4 is 18.9 Å². The summed E-state index contributed by atoms with van der Waals surface area (Å²) in [6, 6.07) is 11.9. The van der Waals surface area contributed by atoms with Crippen LogP contribution >= 0.6 is 90.4 Å². The number of esters is 8. The molecule has 350 valence electrons. The molecule has 3 rings (SSSR count). The van der Waals surface area contributed by atoms with Gasteiger partial charge in [0.1, 0.15) is 62.6 Å². The minimum atomic E-state index is -1.04. The molecule has 0 saturated carbocycles. The fraction of sp³-hybridized carbons (Fsp3) is 0.227. The molecule has 2 unspecified atom stereocenters. The number of hydrogen-bond acceptors (Lipinski definition) is 18. The molecule has 0 aliphatic carbocycles. The van der Waals surface area contributed by atoms with Crippen LogP contribution in [0.2, 0.25) is 0 Å². The first-order chi connectivity index (χ1) is 31.5. The molecule has 66 heavy (non-hydrogen) atoms. The van der Waals surface area contributed by atoms with E-state index >= 15 is 0 Å². The molecule has 0 bridgehead atoms. The summed E-state index contributed by atoms with van der Waals surface area (Å²) < 4.78 is 55.3. The number of carbonyl (C=O) groups is 8. The van der Waals surface area contributed by atoms with Crippen molar-refractivity contribution >= 4 is 138 Å². The zero-order valence-electron chi connectivity index (χ0n) is 34.4. The monoisotopic (exact) mass is 1360 g/mol. The molecule has 0 N–H and O–H groups in total. The molecule has 3 aromatic rings. The van der Waals surface area contributed by atoms with E-state index in [-0.39, 0.29) is 75.1 Å². The maximum atomic E-state index is 13.2. The van der Waals surface area contributed by atoms with Crippen LogP contribution in [-0.4, -0.2) is 99.6 Å². The fourth-order valence-corrected chi connectivity index (χ4v) is 7.08. The zero-order chi connectivity index (χ0) is 48.8. The number of benzene rings is 3. The Morgan fingerprint density at radius 1 is 0.470 bits per heavy atom. The normalized spacial score (nSPS) is 11.2. The largest absolute Gasteiger partial charge is 0.488 e. The Morgan fingerprint density at radius 2 is 0.803 bits per heavy atom. The highest BCUT2D eigenvalue weighted by Crippen LogP contribution is 2.35. The van der Waals surface area contributed by atoms with Gasteiger partial charge < -0.3 is 47.4 Å². The summed E-state index contributed by atoms with van der Waals surface area (Å²) >= 11 is 7.81. The van der Waals surface area contributed by atoms with Crippen LogP contribution in [0.1, 0.15) is 33.6 Å². The summed E-state index contributed by atoms with van der Waals surface area (Å²) in [5.41, 5.74) is 0.340. The van der Waals surface area contributed by atoms with E-state index in [1.54, 1.807) is 0 Å². The first kappa shape index (κ1) is 55.2. The van der Waals surface area contributed by atoms with Crippen LogP contribution in [0.3, 0.4) is 0 Å². The molecule has 0 aliphatic rings. The van der Waals surface area contributed by atoms with E-state index in [0.717, 1.165) is 24.3 Å². The zero-order valence-corrected chi connectivity index (χ0v) is 43.1. The molecule has 0 heterocycles. The third kappa shape index (κ3) is 19.0. The molecule has 0 amide bonds. The summed E-state index contributed by atoms with van der Waals surface area (Å²) in [6.45, 7) is 11.5. The van der Waals surface area contributed by atoms with Crippen LogP contribution in [0.4, 0.5) is 0 Å². The van der Waals surface area contributed by atoms with Gasteiger partial charge in [-0.2, -0.15) is 0 Å². The van der Waals surface area contributed by atoms with Gasteiger partial charge in [0.2, 0.25) is 0 Å². The number of rotatable bonds is 26. The van der Waals surface area contributed by atoms with Gasteiger partial charge in [-0.15, -0.1) is 0 Å². The van der Waals surface area contributed by atoms with Crippen molar-refractivity contribution < 1.29 is 85.7 Å². The minimum Gasteiger partial charge on any atom is -0.488 e. The lowest BCUT2D eigenvalue weighted by Gasteiger charge is -2.19. The van der Waals surface area contributed by atoms with Gasteiger partial charge in [0.15, 0.2) is 12.2 Å². The van der Waals surface area contributed by atoms with Crippen molar-refractivity contribution in [2.24, 2.45) is 0 Å². The van der Waals surface area contributed by atoms with Gasteiger partial charge in [0.25, 0.3) is 0 Å². The summed E-state index contributed by atoms with van der Waals surface area (Å²) in [6.07, 6.45) is 1.16. The Labute approximate surface area is 432 Å². The molecule has 2 atom stereocenters. The predicted molar refractivity (Wildman–Crippen MR) is 265 cm³/mol. The van der Waals surface area contributed by atoms with E-state index in [0.29, 0.717) is 25.8 Å². The Kier molecular flexibility index (Phi) is 24.1. The smallest absolute Gasteiger partial charge is 0.343 e. The van der Waals surface area contributed by atoms with Crippen LogP contribution in [0.5, 0.6) is 23.0 Å². The van der Waals surface area contributed by atoms with Crippen molar-refractivity contribution in [3.05, 3.63) is 125 Å². The highest BCUT2D eigenvalue weighted by molar-refractivity contribution is 14.1. The van der Waals surface area contributed by atoms with Gasteiger partial charge in [-0.3, -0.25) is 9.59 Å². The molecule has 0 radical (unpaired) electrons. The van der Waals surface area contributed by atoms with Crippen molar-refractivity contribution in [2.45, 2.75) is 25.0 Å². The van der Waals surface area contributed by atoms with Gasteiger partial charge >= 0.3 is 47.8 Å². The molecule has 0 saturated heterocycles. The van der Waals surface area contributed by atoms with E-state index in [1.165, 1.54) is 48.5 Å². The van der Waals surface area contributed by atoms with Crippen LogP contribution in [-0.2, 0) is 57.2 Å². The van der Waals surface area contributed by atoms with Gasteiger partial charge in [0, 0.05) is 24.3 Å². The van der Waals surface area contributed by atoms with Crippen molar-refractivity contribution in [1.29, 1.82) is 0 Å². The highest BCUT2D eigenvalue weighted by Gasteiger charge is 2.23. The molecule has 18 nitrogen and oxygen atoms in total. The Morgan fingerprint density at radius 3 is 1.14 bits per heavy atom. The Balaban J connectivity index is 1.62. The number of halogens is 4. The van der Waals surface area contributed by atoms with E-state index in [2.05, 4.69) is 26.3 Å². The summed E-state index contributed by atoms with van der Waals surface area (Å²) in [5.74, 6) is -4.80. The highest BCUT2D eigenvalue weighted by atomic mass is 127. The lowest BCUT2D eigenvalue weighted by atomic mass is 10.2. The first-order valence-corrected chi connectivity index (χ1v) is 23.1. The van der Waals surface area contributed by atoms with Crippen LogP contribution in [0, 0.1) is 14.3 Å². The lowest BCUT2D eigenvalue weighted by Crippen LogP contribution is -2.31. The average molecular weight is 1360 g/mol. The third-order valence-corrected chi connectivity index (χ3v) is 12.6. The second-order valence-corrected chi connectivity index (χ2v) is 17.0. The molecule has 0 aromatic heterocycles. The number of ether oxygens (including phenoxy) is 10. The second-order valence-electron chi connectivity index (χ2n) is 12.5. The quantitative estimate of drug-likeness (QED) is 0.0264. The van der Waals surface area contributed by atoms with Crippen LogP contribution in [0.15, 0.2) is 99.2 Å². The SMILES string of the molecule is C=CC(=O)OCCC(=O)OC(COC(=O)C=C)COc1ccc(C(=O)Oc2ccc(OC(=O)c3ccc(OCC(COC(=O)C=C)OC(=O)CCOC(=O)C=C)c(I)c3)c(I)c2I)cc1I. The van der Waals surface area contributed by atoms with Crippen molar-refractivity contribution in [3.8, 4) is 23.0 Å². The van der Waals surface area contributed by atoms with E-state index < -0.39 is 60.0 Å². The van der Waals surface area contributed by atoms with Crippen LogP contribution in [0.25, 0.3) is 0 Å². The first-order valence-electron chi connectivity index (χ1n) is 18.8. The number of hydrogen-bond donors (Lipinski definition) is 0. The van der Waals surface area contributed by atoms with Crippen molar-refractivity contribution in [1.82, 2.24) is 0 Å². The van der Waals surface area contributed by atoms with E-state index in [9.17, 15) is 38.4 Å². The molecular weight excluding hydrogens is 1320 g/mol. The topological polar surface area (TPSA) is 229 Å². The molecule has 0 spiro atoms. The van der Waals surface area contributed by atoms with Gasteiger partial charge in [-0.1, -0.05) is 26.3 Å². The number of carbonyl (C=O) groups excluding carboxylic acids is 8. The summed E-state index contributed by atoms with van der Waals surface area (Å²) in [7, 11) is 0. The maximum Gasteiger partial charge on any atom is 0.343 e.